The molecule has 0 saturated carbocycles. The fourth-order valence-corrected chi connectivity index (χ4v) is 11.8. The Morgan fingerprint density at radius 2 is 1.53 bits per heavy atom. The summed E-state index contributed by atoms with van der Waals surface area (Å²) in [6, 6.07) is 21.5. The van der Waals surface area contributed by atoms with Gasteiger partial charge in [-0.2, -0.15) is 0 Å². The lowest BCUT2D eigenvalue weighted by Crippen LogP contribution is -2.66. The van der Waals surface area contributed by atoms with E-state index >= 15 is 8.78 Å². The van der Waals surface area contributed by atoms with Crippen LogP contribution in [0.15, 0.2) is 72.9 Å². The lowest BCUT2D eigenvalue weighted by molar-refractivity contribution is -0.00554. The molecule has 2 unspecified atom stereocenters. The number of thiazole rings is 1. The molecule has 47 heavy (non-hydrogen) atoms. The van der Waals surface area contributed by atoms with E-state index in [2.05, 4.69) is 50.0 Å². The molecule has 0 bridgehead atoms. The fourth-order valence-electron chi connectivity index (χ4n) is 6.41. The minimum Gasteiger partial charge on any atom is -0.403 e. The van der Waals surface area contributed by atoms with Crippen LogP contribution >= 0.6 is 11.3 Å². The Hall–Kier alpha value is -3.77. The highest BCUT2D eigenvalue weighted by atomic mass is 32.1. The third-order valence-electron chi connectivity index (χ3n) is 8.42. The number of aromatic nitrogens is 1. The number of anilines is 1. The Kier molecular flexibility index (Phi) is 10.1. The molecule has 2 heterocycles. The number of halogens is 2. The summed E-state index contributed by atoms with van der Waals surface area (Å²) in [6.07, 6.45) is 0.832. The molecule has 1 aliphatic heterocycles. The predicted molar refractivity (Wildman–Crippen MR) is 185 cm³/mol. The van der Waals surface area contributed by atoms with E-state index in [-0.39, 0.29) is 45.3 Å². The number of amides is 1. The van der Waals surface area contributed by atoms with Gasteiger partial charge >= 0.3 is 0 Å². The van der Waals surface area contributed by atoms with Crippen LogP contribution in [0.25, 0.3) is 0 Å². The van der Waals surface area contributed by atoms with Gasteiger partial charge in [-0.15, -0.1) is 11.3 Å². The van der Waals surface area contributed by atoms with E-state index in [1.54, 1.807) is 19.0 Å². The van der Waals surface area contributed by atoms with Gasteiger partial charge in [-0.1, -0.05) is 81.4 Å². The molecule has 7 nitrogen and oxygen atoms in total. The number of carbonyl (C=O) groups is 2. The second kappa shape index (κ2) is 13.8. The summed E-state index contributed by atoms with van der Waals surface area (Å²) in [7, 11) is 0.0843. The van der Waals surface area contributed by atoms with Gasteiger partial charge in [-0.3, -0.25) is 9.59 Å². The Balaban J connectivity index is 1.66. The third kappa shape index (κ3) is 6.80. The zero-order chi connectivity index (χ0) is 34.1. The number of morpholine rings is 1. The first-order valence-electron chi connectivity index (χ1n) is 15.6. The summed E-state index contributed by atoms with van der Waals surface area (Å²) in [6.45, 7) is 10.8. The predicted octanol–water partition coefficient (Wildman–Crippen LogP) is 6.04. The molecule has 0 aliphatic carbocycles. The molecule has 0 spiro atoms. The van der Waals surface area contributed by atoms with Gasteiger partial charge in [0.25, 0.3) is 14.2 Å². The van der Waals surface area contributed by atoms with Crippen molar-refractivity contribution < 1.29 is 27.5 Å². The number of carbonyl (C=O) groups excluding carboxylic acids is 2. The van der Waals surface area contributed by atoms with Gasteiger partial charge in [0.15, 0.2) is 16.6 Å². The van der Waals surface area contributed by atoms with Crippen LogP contribution in [-0.2, 0) is 15.8 Å². The third-order valence-corrected chi connectivity index (χ3v) is 14.4. The maximum atomic E-state index is 16.4. The molecule has 1 aromatic heterocycles. The number of rotatable bonds is 9. The first-order valence-corrected chi connectivity index (χ1v) is 18.4. The molecule has 1 amide bonds. The molecule has 0 N–H and O–H groups in total. The van der Waals surface area contributed by atoms with Crippen molar-refractivity contribution >= 4 is 47.4 Å². The fraction of sp³-hybridized carbons (Fsp3) is 0.361. The van der Waals surface area contributed by atoms with Crippen molar-refractivity contribution in [3.05, 3.63) is 106 Å². The number of hydrogen-bond donors (Lipinski definition) is 0. The van der Waals surface area contributed by atoms with Crippen molar-refractivity contribution in [2.24, 2.45) is 0 Å². The van der Waals surface area contributed by atoms with Gasteiger partial charge in [-0.25, -0.2) is 13.8 Å². The topological polar surface area (TPSA) is 72.0 Å². The van der Waals surface area contributed by atoms with Gasteiger partial charge in [0.2, 0.25) is 5.78 Å². The van der Waals surface area contributed by atoms with Crippen molar-refractivity contribution in [2.45, 2.75) is 58.5 Å². The van der Waals surface area contributed by atoms with Crippen LogP contribution in [-0.4, -0.2) is 69.3 Å². The van der Waals surface area contributed by atoms with Crippen LogP contribution in [0.3, 0.4) is 0 Å². The maximum Gasteiger partial charge on any atom is 0.265 e. The minimum absolute atomic E-state index is 0.0570. The summed E-state index contributed by atoms with van der Waals surface area (Å²) in [4.78, 5) is 33.7. The molecule has 5 rings (SSSR count). The molecule has 3 aromatic carbocycles. The van der Waals surface area contributed by atoms with Crippen molar-refractivity contribution in [3.8, 4) is 0 Å². The zero-order valence-electron chi connectivity index (χ0n) is 27.8. The Morgan fingerprint density at radius 1 is 0.979 bits per heavy atom. The van der Waals surface area contributed by atoms with Crippen LogP contribution in [0.1, 0.15) is 65.2 Å². The maximum absolute atomic E-state index is 16.4. The molecule has 1 aliphatic rings. The highest BCUT2D eigenvalue weighted by Crippen LogP contribution is 2.39. The van der Waals surface area contributed by atoms with Crippen LogP contribution in [0.2, 0.25) is 5.04 Å². The average molecular weight is 678 g/mol. The highest BCUT2D eigenvalue weighted by molar-refractivity contribution is 7.15. The first kappa shape index (κ1) is 34.6. The minimum atomic E-state index is -3.09. The van der Waals surface area contributed by atoms with Gasteiger partial charge < -0.3 is 19.0 Å². The van der Waals surface area contributed by atoms with E-state index in [1.807, 2.05) is 50.2 Å². The summed E-state index contributed by atoms with van der Waals surface area (Å²) >= 11 is 0.849. The Morgan fingerprint density at radius 3 is 2.04 bits per heavy atom. The molecular formula is C36H41F2N3O4SSi. The largest absolute Gasteiger partial charge is 0.403 e. The molecule has 11 heteroatoms. The molecule has 0 radical (unpaired) electrons. The van der Waals surface area contributed by atoms with Gasteiger partial charge in [0.05, 0.1) is 36.3 Å². The molecular weight excluding hydrogens is 637 g/mol. The van der Waals surface area contributed by atoms with E-state index < -0.39 is 31.3 Å². The van der Waals surface area contributed by atoms with Gasteiger partial charge in [0, 0.05) is 32.7 Å². The van der Waals surface area contributed by atoms with Crippen molar-refractivity contribution in [1.29, 1.82) is 0 Å². The zero-order valence-corrected chi connectivity index (χ0v) is 29.7. The van der Waals surface area contributed by atoms with E-state index in [9.17, 15) is 9.59 Å². The van der Waals surface area contributed by atoms with E-state index in [1.165, 1.54) is 17.2 Å². The van der Waals surface area contributed by atoms with Gasteiger partial charge in [0.1, 0.15) is 4.88 Å². The summed E-state index contributed by atoms with van der Waals surface area (Å²) in [5, 5.41) is 1.60. The average Bonchev–Trinajstić information content (AvgIpc) is 3.52. The molecule has 4 aromatic rings. The second-order valence-corrected chi connectivity index (χ2v) is 18.6. The Bertz CT molecular complexity index is 1690. The van der Waals surface area contributed by atoms with Crippen molar-refractivity contribution in [1.82, 2.24) is 9.88 Å². The second-order valence-electron chi connectivity index (χ2n) is 13.2. The quantitative estimate of drug-likeness (QED) is 0.159. The van der Waals surface area contributed by atoms with Crippen molar-refractivity contribution in [3.63, 3.8) is 0 Å². The summed E-state index contributed by atoms with van der Waals surface area (Å²) < 4.78 is 45.5. The first-order chi connectivity index (χ1) is 22.2. The molecule has 2 atom stereocenters. The van der Waals surface area contributed by atoms with E-state index in [4.69, 9.17) is 9.16 Å². The van der Waals surface area contributed by atoms with Gasteiger partial charge in [-0.05, 0) is 35.3 Å². The number of ether oxygens (including phenoxy) is 1. The lowest BCUT2D eigenvalue weighted by atomic mass is 10.0. The number of hydrogen-bond acceptors (Lipinski definition) is 7. The summed E-state index contributed by atoms with van der Waals surface area (Å²) in [5.41, 5.74) is -0.0517. The van der Waals surface area contributed by atoms with Crippen molar-refractivity contribution in [2.75, 3.05) is 32.1 Å². The molecule has 1 saturated heterocycles. The Labute approximate surface area is 280 Å². The van der Waals surface area contributed by atoms with Crippen LogP contribution in [0, 0.1) is 11.6 Å². The van der Waals surface area contributed by atoms with E-state index in [0.717, 1.165) is 21.7 Å². The monoisotopic (exact) mass is 677 g/mol. The van der Waals surface area contributed by atoms with Crippen LogP contribution in [0.4, 0.5) is 14.5 Å². The molecule has 1 fully saturated rings. The SMILES string of the molecule is CC1CN(c2c(CO[Si](c3ccccc3)(c3ccccc3)C(C)(C)C)cc(C(=O)c3ncc(C(=O)N(C)C)s3)c(F)c2F)CC(C)O1. The highest BCUT2D eigenvalue weighted by Gasteiger charge is 2.50. The van der Waals surface area contributed by atoms with Crippen LogP contribution in [0.5, 0.6) is 0 Å². The van der Waals surface area contributed by atoms with E-state index in [0.29, 0.717) is 18.7 Å². The number of nitrogens with zero attached hydrogens (tertiary/aromatic N) is 3. The smallest absolute Gasteiger partial charge is 0.265 e. The molecule has 248 valence electrons. The standard InChI is InChI=1S/C36H41F2N3O4SSi/c1-23-20-41(21-24(2)45-23)32-25(18-28(30(37)31(32)38)33(42)34-39-19-29(46-34)35(43)40(6)7)22-44-47(36(3,4)5,26-14-10-8-11-15-26)27-16-12-9-13-17-27/h8-19,23-24H,20-22H2,1-7H3. The number of benzene rings is 3. The summed E-state index contributed by atoms with van der Waals surface area (Å²) in [5.74, 6) is -3.52. The normalized spacial score (nSPS) is 17.1. The lowest BCUT2D eigenvalue weighted by Gasteiger charge is -2.43. The van der Waals surface area contributed by atoms with Crippen LogP contribution < -0.4 is 15.3 Å². The number of ketones is 1.